The molecule has 3 aromatic carbocycles. The molecule has 160 valence electrons. The number of carbonyl (C=O) groups excluding carboxylic acids is 2. The third-order valence-corrected chi connectivity index (χ3v) is 6.07. The van der Waals surface area contributed by atoms with Crippen LogP contribution >= 0.6 is 0 Å². The van der Waals surface area contributed by atoms with Crippen LogP contribution in [0.5, 0.6) is 0 Å². The maximum atomic E-state index is 13.8. The number of aryl methyl sites for hydroxylation is 1. The third kappa shape index (κ3) is 3.66. The zero-order valence-corrected chi connectivity index (χ0v) is 18.0. The summed E-state index contributed by atoms with van der Waals surface area (Å²) in [6.07, 6.45) is 2.09. The minimum Gasteiger partial charge on any atom is -0.357 e. The van der Waals surface area contributed by atoms with E-state index < -0.39 is 6.04 Å². The lowest BCUT2D eigenvalue weighted by Crippen LogP contribution is -2.40. The second kappa shape index (κ2) is 8.35. The van der Waals surface area contributed by atoms with E-state index in [0.29, 0.717) is 17.7 Å². The van der Waals surface area contributed by atoms with Crippen LogP contribution in [0.25, 0.3) is 0 Å². The second-order valence-electron chi connectivity index (χ2n) is 8.29. The average Bonchev–Trinajstić information content (AvgIpc) is 2.96. The van der Waals surface area contributed by atoms with Gasteiger partial charge in [0.25, 0.3) is 0 Å². The second-order valence-corrected chi connectivity index (χ2v) is 8.29. The van der Waals surface area contributed by atoms with E-state index in [0.717, 1.165) is 41.0 Å². The van der Waals surface area contributed by atoms with Gasteiger partial charge in [-0.15, -0.1) is 0 Å². The van der Waals surface area contributed by atoms with Gasteiger partial charge in [0.05, 0.1) is 17.4 Å². The van der Waals surface area contributed by atoms with E-state index in [1.807, 2.05) is 85.8 Å². The summed E-state index contributed by atoms with van der Waals surface area (Å²) in [6.45, 7) is 2.01. The predicted molar refractivity (Wildman–Crippen MR) is 128 cm³/mol. The molecule has 0 saturated carbocycles. The number of hydrogen-bond acceptors (Lipinski definition) is 3. The molecule has 0 fully saturated rings. The number of nitrogens with zero attached hydrogens (tertiary/aromatic N) is 1. The molecule has 2 aliphatic rings. The molecule has 0 radical (unpaired) electrons. The number of anilines is 3. The van der Waals surface area contributed by atoms with E-state index in [1.54, 1.807) is 4.90 Å². The number of rotatable bonds is 2. The van der Waals surface area contributed by atoms with Crippen molar-refractivity contribution in [1.82, 2.24) is 0 Å². The lowest BCUT2D eigenvalue weighted by atomic mass is 9.86. The minimum atomic E-state index is -0.513. The molecule has 1 atom stereocenters. The van der Waals surface area contributed by atoms with Crippen molar-refractivity contribution < 1.29 is 9.59 Å². The number of ketones is 1. The van der Waals surface area contributed by atoms with Gasteiger partial charge in [-0.05, 0) is 49.6 Å². The number of para-hydroxylation sites is 2. The molecule has 5 rings (SSSR count). The van der Waals surface area contributed by atoms with Crippen LogP contribution in [-0.2, 0) is 4.79 Å². The van der Waals surface area contributed by atoms with Crippen LogP contribution in [0.4, 0.5) is 21.9 Å². The van der Waals surface area contributed by atoms with Crippen LogP contribution in [0.1, 0.15) is 36.4 Å². The Morgan fingerprint density at radius 1 is 0.938 bits per heavy atom. The standard InChI is InChI=1S/C27H25N3O2/c1-18-14-16-20(17-15-18)28-27(32)30-23-12-6-5-10-21(23)29-22-11-7-13-24(31)25(22)26(30)19-8-3-2-4-9-19/h2-6,8-10,12,14-17,26,29H,7,11,13H2,1H3,(H,28,32)/t26-/m1/s1. The largest absolute Gasteiger partial charge is 0.357 e. The van der Waals surface area contributed by atoms with E-state index in [1.165, 1.54) is 0 Å². The fraction of sp³-hybridized carbons (Fsp3) is 0.185. The highest BCUT2D eigenvalue weighted by molar-refractivity contribution is 6.09. The molecule has 3 aromatic rings. The summed E-state index contributed by atoms with van der Waals surface area (Å²) in [5.41, 5.74) is 5.91. The Morgan fingerprint density at radius 3 is 2.44 bits per heavy atom. The number of fused-ring (bicyclic) bond motifs is 1. The number of urea groups is 1. The van der Waals surface area contributed by atoms with Gasteiger partial charge in [-0.2, -0.15) is 0 Å². The number of allylic oxidation sites excluding steroid dienone is 1. The fourth-order valence-corrected chi connectivity index (χ4v) is 4.53. The summed E-state index contributed by atoms with van der Waals surface area (Å²) in [7, 11) is 0. The normalized spacial score (nSPS) is 17.7. The minimum absolute atomic E-state index is 0.0912. The van der Waals surface area contributed by atoms with Crippen molar-refractivity contribution in [1.29, 1.82) is 0 Å². The van der Waals surface area contributed by atoms with Crippen LogP contribution < -0.4 is 15.5 Å². The summed E-state index contributed by atoms with van der Waals surface area (Å²) < 4.78 is 0. The Kier molecular flexibility index (Phi) is 5.23. The van der Waals surface area contributed by atoms with E-state index in [2.05, 4.69) is 10.6 Å². The first kappa shape index (κ1) is 20.1. The van der Waals surface area contributed by atoms with Gasteiger partial charge in [-0.25, -0.2) is 4.79 Å². The van der Waals surface area contributed by atoms with Crippen LogP contribution in [-0.4, -0.2) is 11.8 Å². The summed E-state index contributed by atoms with van der Waals surface area (Å²) in [4.78, 5) is 28.7. The first-order valence-corrected chi connectivity index (χ1v) is 11.0. The molecular weight excluding hydrogens is 398 g/mol. The van der Waals surface area contributed by atoms with E-state index >= 15 is 0 Å². The van der Waals surface area contributed by atoms with Gasteiger partial charge in [0.2, 0.25) is 0 Å². The monoisotopic (exact) mass is 423 g/mol. The van der Waals surface area contributed by atoms with E-state index in [9.17, 15) is 9.59 Å². The number of nitrogens with one attached hydrogen (secondary N) is 2. The van der Waals surface area contributed by atoms with Crippen molar-refractivity contribution in [3.8, 4) is 0 Å². The lowest BCUT2D eigenvalue weighted by Gasteiger charge is -2.33. The summed E-state index contributed by atoms with van der Waals surface area (Å²) in [5, 5.41) is 6.53. The van der Waals surface area contributed by atoms with Gasteiger partial charge in [-0.1, -0.05) is 60.2 Å². The zero-order chi connectivity index (χ0) is 22.1. The van der Waals surface area contributed by atoms with Crippen molar-refractivity contribution in [3.05, 3.63) is 101 Å². The molecule has 32 heavy (non-hydrogen) atoms. The first-order valence-electron chi connectivity index (χ1n) is 11.0. The molecule has 0 aromatic heterocycles. The molecule has 5 heteroatoms. The number of carbonyl (C=O) groups is 2. The van der Waals surface area contributed by atoms with E-state index in [4.69, 9.17) is 0 Å². The number of hydrogen-bond donors (Lipinski definition) is 2. The van der Waals surface area contributed by atoms with Crippen molar-refractivity contribution in [2.75, 3.05) is 15.5 Å². The molecular formula is C27H25N3O2. The van der Waals surface area contributed by atoms with Gasteiger partial charge in [0, 0.05) is 23.4 Å². The molecule has 2 N–H and O–H groups in total. The van der Waals surface area contributed by atoms with E-state index in [-0.39, 0.29) is 11.8 Å². The molecule has 0 saturated heterocycles. The summed E-state index contributed by atoms with van der Waals surface area (Å²) in [5.74, 6) is 0.0912. The Labute approximate surface area is 187 Å². The lowest BCUT2D eigenvalue weighted by molar-refractivity contribution is -0.116. The van der Waals surface area contributed by atoms with Crippen LogP contribution in [0.2, 0.25) is 0 Å². The number of Topliss-reactive ketones (excluding diaryl/α,β-unsaturated/α-hetero) is 1. The van der Waals surface area contributed by atoms with Crippen molar-refractivity contribution in [3.63, 3.8) is 0 Å². The van der Waals surface area contributed by atoms with Gasteiger partial charge in [0.1, 0.15) is 0 Å². The molecule has 2 amide bonds. The molecule has 0 bridgehead atoms. The molecule has 5 nitrogen and oxygen atoms in total. The predicted octanol–water partition coefficient (Wildman–Crippen LogP) is 6.21. The Morgan fingerprint density at radius 2 is 1.66 bits per heavy atom. The summed E-state index contributed by atoms with van der Waals surface area (Å²) >= 11 is 0. The maximum absolute atomic E-state index is 13.8. The zero-order valence-electron chi connectivity index (χ0n) is 18.0. The fourth-order valence-electron chi connectivity index (χ4n) is 4.53. The van der Waals surface area contributed by atoms with Crippen LogP contribution in [0.15, 0.2) is 90.1 Å². The van der Waals surface area contributed by atoms with Gasteiger partial charge < -0.3 is 10.6 Å². The maximum Gasteiger partial charge on any atom is 0.327 e. The SMILES string of the molecule is Cc1ccc(NC(=O)N2c3ccccc3NC3=C(C(=O)CCC3)[C@H]2c2ccccc2)cc1. The van der Waals surface area contributed by atoms with Gasteiger partial charge in [0.15, 0.2) is 5.78 Å². The van der Waals surface area contributed by atoms with Crippen molar-refractivity contribution >= 4 is 28.9 Å². The van der Waals surface area contributed by atoms with Crippen LogP contribution in [0.3, 0.4) is 0 Å². The summed E-state index contributed by atoms with van der Waals surface area (Å²) in [6, 6.07) is 24.5. The molecule has 1 aliphatic carbocycles. The highest BCUT2D eigenvalue weighted by Crippen LogP contribution is 2.44. The van der Waals surface area contributed by atoms with Crippen molar-refractivity contribution in [2.24, 2.45) is 0 Å². The van der Waals surface area contributed by atoms with Gasteiger partial charge in [-0.3, -0.25) is 9.69 Å². The quantitative estimate of drug-likeness (QED) is 0.515. The number of amides is 2. The molecule has 1 aliphatic heterocycles. The van der Waals surface area contributed by atoms with Crippen molar-refractivity contribution in [2.45, 2.75) is 32.2 Å². The first-order chi connectivity index (χ1) is 15.6. The Balaban J connectivity index is 1.68. The Bertz CT molecular complexity index is 1200. The molecule has 0 spiro atoms. The number of benzene rings is 3. The highest BCUT2D eigenvalue weighted by Gasteiger charge is 2.39. The van der Waals surface area contributed by atoms with Crippen LogP contribution in [0, 0.1) is 6.92 Å². The smallest absolute Gasteiger partial charge is 0.327 e. The van der Waals surface area contributed by atoms with Gasteiger partial charge >= 0.3 is 6.03 Å². The third-order valence-electron chi connectivity index (χ3n) is 6.07. The Hall–Kier alpha value is -3.86. The topological polar surface area (TPSA) is 61.4 Å². The molecule has 1 heterocycles. The average molecular weight is 424 g/mol. The molecule has 0 unspecified atom stereocenters. The highest BCUT2D eigenvalue weighted by atomic mass is 16.2.